The molecule has 0 nitrogen and oxygen atoms in total. The van der Waals surface area contributed by atoms with Crippen LogP contribution in [0.15, 0.2) is 0 Å². The molecule has 0 N–H and O–H groups in total. The summed E-state index contributed by atoms with van der Waals surface area (Å²) in [6.07, 6.45) is 0. The van der Waals surface area contributed by atoms with Gasteiger partial charge in [-0.1, -0.05) is 11.8 Å². The summed E-state index contributed by atoms with van der Waals surface area (Å²) in [4.78, 5) is 0. The standard InChI is InChI=1S/C4H6S2.2Na.2H/c5-3-1-2-4-6;;;;/h5-6H,3-4H2;;;;/q;2*+1;2*-1. The van der Waals surface area contributed by atoms with Crippen molar-refractivity contribution >= 4 is 25.3 Å². The molecule has 0 aliphatic carbocycles. The average Bonchev–Trinajstić information content (AvgIpc) is 1.61. The minimum Gasteiger partial charge on any atom is -1.00 e. The molecule has 0 aliphatic heterocycles. The number of thiol groups is 2. The Morgan fingerprint density at radius 3 is 1.38 bits per heavy atom. The molecule has 0 aromatic heterocycles. The fourth-order valence-corrected chi connectivity index (χ4v) is 0.335. The molecule has 8 heavy (non-hydrogen) atoms. The molecule has 0 saturated heterocycles. The average molecular weight is 166 g/mol. The van der Waals surface area contributed by atoms with Crippen LogP contribution in [0, 0.1) is 11.8 Å². The number of hydrogen-bond donors (Lipinski definition) is 2. The third-order valence-electron chi connectivity index (χ3n) is 0.283. The summed E-state index contributed by atoms with van der Waals surface area (Å²) in [7, 11) is 0. The topological polar surface area (TPSA) is 0 Å². The fraction of sp³-hybridized carbons (Fsp3) is 0.500. The summed E-state index contributed by atoms with van der Waals surface area (Å²) < 4.78 is 0. The smallest absolute Gasteiger partial charge is 1.00 e. The summed E-state index contributed by atoms with van der Waals surface area (Å²) in [5, 5.41) is 0. The molecule has 0 amide bonds. The quantitative estimate of drug-likeness (QED) is 0.201. The van der Waals surface area contributed by atoms with Crippen LogP contribution in [-0.2, 0) is 0 Å². The van der Waals surface area contributed by atoms with Crippen molar-refractivity contribution in [3.63, 3.8) is 0 Å². The Labute approximate surface area is 109 Å². The van der Waals surface area contributed by atoms with Gasteiger partial charge in [0.15, 0.2) is 0 Å². The zero-order chi connectivity index (χ0) is 4.83. The predicted molar refractivity (Wildman–Crippen MR) is 37.7 cm³/mol. The van der Waals surface area contributed by atoms with Gasteiger partial charge in [0.05, 0.1) is 11.5 Å². The van der Waals surface area contributed by atoms with Crippen molar-refractivity contribution < 1.29 is 62.0 Å². The van der Waals surface area contributed by atoms with Gasteiger partial charge >= 0.3 is 59.1 Å². The Bertz CT molecular complexity index is 73.1. The molecule has 38 valence electrons. The van der Waals surface area contributed by atoms with Gasteiger partial charge < -0.3 is 2.85 Å². The molecule has 0 bridgehead atoms. The third-order valence-corrected chi connectivity index (χ3v) is 0.599. The molecular weight excluding hydrogens is 158 g/mol. The van der Waals surface area contributed by atoms with Crippen molar-refractivity contribution in [3.8, 4) is 11.8 Å². The molecule has 0 fully saturated rings. The first-order valence-corrected chi connectivity index (χ1v) is 2.85. The molecule has 0 saturated carbocycles. The van der Waals surface area contributed by atoms with Crippen molar-refractivity contribution in [1.82, 2.24) is 0 Å². The van der Waals surface area contributed by atoms with E-state index in [1.807, 2.05) is 0 Å². The number of hydrogen-bond acceptors (Lipinski definition) is 2. The first-order valence-electron chi connectivity index (χ1n) is 1.59. The van der Waals surface area contributed by atoms with E-state index in [0.29, 0.717) is 11.5 Å². The minimum atomic E-state index is 0. The van der Waals surface area contributed by atoms with Crippen molar-refractivity contribution in [3.05, 3.63) is 0 Å². The Balaban J connectivity index is -0.0000000208. The first kappa shape index (κ1) is 16.7. The van der Waals surface area contributed by atoms with Crippen LogP contribution in [0.1, 0.15) is 2.85 Å². The molecule has 0 radical (unpaired) electrons. The second-order valence-electron chi connectivity index (χ2n) is 0.670. The number of rotatable bonds is 0. The molecule has 0 spiro atoms. The van der Waals surface area contributed by atoms with Crippen LogP contribution in [0.4, 0.5) is 0 Å². The van der Waals surface area contributed by atoms with Gasteiger partial charge in [-0.05, 0) is 0 Å². The Morgan fingerprint density at radius 2 is 1.25 bits per heavy atom. The minimum absolute atomic E-state index is 0. The Hall–Kier alpha value is 2.26. The van der Waals surface area contributed by atoms with E-state index < -0.39 is 0 Å². The molecule has 0 rings (SSSR count). The summed E-state index contributed by atoms with van der Waals surface area (Å²) in [6, 6.07) is 0. The van der Waals surface area contributed by atoms with Crippen LogP contribution in [0.2, 0.25) is 0 Å². The van der Waals surface area contributed by atoms with Crippen LogP contribution in [0.5, 0.6) is 0 Å². The van der Waals surface area contributed by atoms with E-state index in [-0.39, 0.29) is 62.0 Å². The monoisotopic (exact) mass is 166 g/mol. The molecular formula is C4H8Na2S2. The molecule has 0 aliphatic rings. The maximum Gasteiger partial charge on any atom is 1.00 e. The van der Waals surface area contributed by atoms with Gasteiger partial charge in [-0.2, -0.15) is 25.3 Å². The normalized spacial score (nSPS) is 4.75. The van der Waals surface area contributed by atoms with Gasteiger partial charge in [-0.15, -0.1) is 0 Å². The second-order valence-corrected chi connectivity index (χ2v) is 1.30. The largest absolute Gasteiger partial charge is 1.00 e. The van der Waals surface area contributed by atoms with E-state index in [9.17, 15) is 0 Å². The van der Waals surface area contributed by atoms with Crippen molar-refractivity contribution in [2.24, 2.45) is 0 Å². The zero-order valence-electron chi connectivity index (χ0n) is 7.31. The van der Waals surface area contributed by atoms with Crippen LogP contribution in [-0.4, -0.2) is 11.5 Å². The summed E-state index contributed by atoms with van der Waals surface area (Å²) >= 11 is 7.69. The fourth-order valence-electron chi connectivity index (χ4n) is 0.112. The van der Waals surface area contributed by atoms with Crippen molar-refractivity contribution in [2.75, 3.05) is 11.5 Å². The van der Waals surface area contributed by atoms with Crippen LogP contribution >= 0.6 is 25.3 Å². The van der Waals surface area contributed by atoms with Crippen molar-refractivity contribution in [2.45, 2.75) is 0 Å². The van der Waals surface area contributed by atoms with E-state index >= 15 is 0 Å². The second kappa shape index (κ2) is 16.1. The maximum absolute atomic E-state index is 3.85. The van der Waals surface area contributed by atoms with E-state index in [2.05, 4.69) is 37.1 Å². The first-order chi connectivity index (χ1) is 2.91. The SMILES string of the molecule is SCC#CCS.[H-].[H-].[Na+].[Na+]. The van der Waals surface area contributed by atoms with E-state index in [4.69, 9.17) is 0 Å². The molecule has 0 atom stereocenters. The third kappa shape index (κ3) is 15.7. The molecule has 4 heteroatoms. The molecule has 0 aromatic carbocycles. The van der Waals surface area contributed by atoms with Gasteiger partial charge in [0.1, 0.15) is 0 Å². The summed E-state index contributed by atoms with van der Waals surface area (Å²) in [5.41, 5.74) is 0. The molecule has 0 heterocycles. The maximum atomic E-state index is 3.85. The van der Waals surface area contributed by atoms with E-state index in [0.717, 1.165) is 0 Å². The van der Waals surface area contributed by atoms with Crippen LogP contribution in [0.3, 0.4) is 0 Å². The van der Waals surface area contributed by atoms with Gasteiger partial charge in [-0.3, -0.25) is 0 Å². The van der Waals surface area contributed by atoms with Gasteiger partial charge in [0.2, 0.25) is 0 Å². The van der Waals surface area contributed by atoms with Crippen LogP contribution in [0.25, 0.3) is 0 Å². The summed E-state index contributed by atoms with van der Waals surface area (Å²) in [5.74, 6) is 6.75. The van der Waals surface area contributed by atoms with Crippen LogP contribution < -0.4 is 59.1 Å². The predicted octanol–water partition coefficient (Wildman–Crippen LogP) is -4.92. The van der Waals surface area contributed by atoms with Gasteiger partial charge in [0.25, 0.3) is 0 Å². The van der Waals surface area contributed by atoms with E-state index in [1.54, 1.807) is 0 Å². The van der Waals surface area contributed by atoms with Crippen molar-refractivity contribution in [1.29, 1.82) is 0 Å². The summed E-state index contributed by atoms with van der Waals surface area (Å²) in [6.45, 7) is 0. The molecule has 0 aromatic rings. The molecule has 0 unspecified atom stereocenters. The van der Waals surface area contributed by atoms with Gasteiger partial charge in [0, 0.05) is 0 Å². The van der Waals surface area contributed by atoms with E-state index in [1.165, 1.54) is 0 Å². The Kier molecular flexibility index (Phi) is 33.6. The Morgan fingerprint density at radius 1 is 1.00 bits per heavy atom. The zero-order valence-corrected chi connectivity index (χ0v) is 11.1. The van der Waals surface area contributed by atoms with Gasteiger partial charge in [-0.25, -0.2) is 0 Å².